The maximum absolute atomic E-state index is 13.7. The van der Waals surface area contributed by atoms with Crippen LogP contribution in [-0.2, 0) is 6.54 Å². The van der Waals surface area contributed by atoms with Crippen LogP contribution < -0.4 is 5.32 Å². The predicted molar refractivity (Wildman–Crippen MR) is 89.8 cm³/mol. The molecule has 2 aromatic rings. The summed E-state index contributed by atoms with van der Waals surface area (Å²) < 4.78 is 14.6. The Hall–Kier alpha value is -1.19. The lowest BCUT2D eigenvalue weighted by Gasteiger charge is -2.22. The van der Waals surface area contributed by atoms with Crippen LogP contribution in [0.15, 0.2) is 53.0 Å². The SMILES string of the molecule is CC(C)C(CNCc1cc(Br)ccc1F)c1ccccc1. The Balaban J connectivity index is 1.98. The van der Waals surface area contributed by atoms with Crippen molar-refractivity contribution in [3.8, 4) is 0 Å². The first-order chi connectivity index (χ1) is 10.1. The molecule has 0 fully saturated rings. The number of nitrogens with one attached hydrogen (secondary N) is 1. The van der Waals surface area contributed by atoms with Crippen LogP contribution in [0.3, 0.4) is 0 Å². The van der Waals surface area contributed by atoms with Crippen LogP contribution in [0.5, 0.6) is 0 Å². The van der Waals surface area contributed by atoms with E-state index in [-0.39, 0.29) is 5.82 Å². The molecular formula is C18H21BrFN. The van der Waals surface area contributed by atoms with Crippen LogP contribution >= 0.6 is 15.9 Å². The Bertz CT molecular complexity index is 569. The van der Waals surface area contributed by atoms with Gasteiger partial charge in [-0.1, -0.05) is 60.1 Å². The summed E-state index contributed by atoms with van der Waals surface area (Å²) in [6.07, 6.45) is 0. The molecule has 0 saturated carbocycles. The average molecular weight is 350 g/mol. The van der Waals surface area contributed by atoms with Gasteiger partial charge < -0.3 is 5.32 Å². The number of hydrogen-bond acceptors (Lipinski definition) is 1. The van der Waals surface area contributed by atoms with Crippen molar-refractivity contribution < 1.29 is 4.39 Å². The van der Waals surface area contributed by atoms with Crippen LogP contribution in [0.25, 0.3) is 0 Å². The van der Waals surface area contributed by atoms with E-state index in [1.54, 1.807) is 6.07 Å². The highest BCUT2D eigenvalue weighted by Gasteiger charge is 2.15. The zero-order valence-electron chi connectivity index (χ0n) is 12.4. The molecule has 0 aromatic heterocycles. The number of benzene rings is 2. The van der Waals surface area contributed by atoms with Crippen molar-refractivity contribution in [3.63, 3.8) is 0 Å². The molecule has 0 spiro atoms. The van der Waals surface area contributed by atoms with Crippen molar-refractivity contribution in [1.82, 2.24) is 5.32 Å². The van der Waals surface area contributed by atoms with Gasteiger partial charge in [0.2, 0.25) is 0 Å². The zero-order chi connectivity index (χ0) is 15.2. The Morgan fingerprint density at radius 1 is 1.10 bits per heavy atom. The van der Waals surface area contributed by atoms with E-state index in [9.17, 15) is 4.39 Å². The van der Waals surface area contributed by atoms with E-state index in [4.69, 9.17) is 0 Å². The molecular weight excluding hydrogens is 329 g/mol. The van der Waals surface area contributed by atoms with Gasteiger partial charge in [-0.25, -0.2) is 4.39 Å². The molecule has 0 amide bonds. The molecule has 2 rings (SSSR count). The minimum atomic E-state index is -0.161. The molecule has 0 aliphatic heterocycles. The molecule has 1 N–H and O–H groups in total. The lowest BCUT2D eigenvalue weighted by atomic mass is 9.88. The number of halogens is 2. The van der Waals surface area contributed by atoms with Crippen molar-refractivity contribution in [3.05, 3.63) is 69.9 Å². The fourth-order valence-electron chi connectivity index (χ4n) is 2.48. The predicted octanol–water partition coefficient (Wildman–Crippen LogP) is 5.12. The van der Waals surface area contributed by atoms with E-state index < -0.39 is 0 Å². The first-order valence-corrected chi connectivity index (χ1v) is 8.07. The van der Waals surface area contributed by atoms with E-state index >= 15 is 0 Å². The van der Waals surface area contributed by atoms with E-state index in [0.717, 1.165) is 11.0 Å². The molecule has 1 atom stereocenters. The van der Waals surface area contributed by atoms with E-state index in [2.05, 4.69) is 59.4 Å². The van der Waals surface area contributed by atoms with Crippen LogP contribution in [0.2, 0.25) is 0 Å². The average Bonchev–Trinajstić information content (AvgIpc) is 2.47. The van der Waals surface area contributed by atoms with Gasteiger partial charge in [-0.2, -0.15) is 0 Å². The Kier molecular flexibility index (Phi) is 5.95. The summed E-state index contributed by atoms with van der Waals surface area (Å²) in [7, 11) is 0. The van der Waals surface area contributed by atoms with Gasteiger partial charge in [-0.15, -0.1) is 0 Å². The largest absolute Gasteiger partial charge is 0.312 e. The van der Waals surface area contributed by atoms with Crippen molar-refractivity contribution in [1.29, 1.82) is 0 Å². The molecule has 0 aliphatic rings. The van der Waals surface area contributed by atoms with E-state index in [0.29, 0.717) is 23.9 Å². The van der Waals surface area contributed by atoms with E-state index in [1.807, 2.05) is 12.1 Å². The molecule has 0 saturated heterocycles. The molecule has 112 valence electrons. The smallest absolute Gasteiger partial charge is 0.127 e. The van der Waals surface area contributed by atoms with Crippen LogP contribution in [0.4, 0.5) is 4.39 Å². The summed E-state index contributed by atoms with van der Waals surface area (Å²) in [6, 6.07) is 15.5. The van der Waals surface area contributed by atoms with E-state index in [1.165, 1.54) is 11.6 Å². The van der Waals surface area contributed by atoms with Gasteiger partial charge in [0, 0.05) is 23.1 Å². The standard InChI is InChI=1S/C18H21BrFN/c1-13(2)17(14-6-4-3-5-7-14)12-21-11-15-10-16(19)8-9-18(15)20/h3-10,13,17,21H,11-12H2,1-2H3. The summed E-state index contributed by atoms with van der Waals surface area (Å²) in [5, 5.41) is 3.39. The summed E-state index contributed by atoms with van der Waals surface area (Å²) in [4.78, 5) is 0. The Labute approximate surface area is 134 Å². The second-order valence-electron chi connectivity index (χ2n) is 5.63. The van der Waals surface area contributed by atoms with Gasteiger partial charge in [0.05, 0.1) is 0 Å². The van der Waals surface area contributed by atoms with Gasteiger partial charge in [0.25, 0.3) is 0 Å². The molecule has 0 bridgehead atoms. The summed E-state index contributed by atoms with van der Waals surface area (Å²) in [5.41, 5.74) is 2.02. The normalized spacial score (nSPS) is 12.6. The minimum Gasteiger partial charge on any atom is -0.312 e. The lowest BCUT2D eigenvalue weighted by molar-refractivity contribution is 0.458. The topological polar surface area (TPSA) is 12.0 Å². The number of rotatable bonds is 6. The first-order valence-electron chi connectivity index (χ1n) is 7.27. The van der Waals surface area contributed by atoms with Crippen molar-refractivity contribution in [2.24, 2.45) is 5.92 Å². The van der Waals surface area contributed by atoms with Gasteiger partial charge in [-0.05, 0) is 35.6 Å². The molecule has 1 unspecified atom stereocenters. The van der Waals surface area contributed by atoms with Crippen LogP contribution in [0, 0.1) is 11.7 Å². The molecule has 3 heteroatoms. The summed E-state index contributed by atoms with van der Waals surface area (Å²) >= 11 is 3.38. The maximum Gasteiger partial charge on any atom is 0.127 e. The third-order valence-corrected chi connectivity index (χ3v) is 4.21. The van der Waals surface area contributed by atoms with Gasteiger partial charge in [0.1, 0.15) is 5.82 Å². The third kappa shape index (κ3) is 4.65. The minimum absolute atomic E-state index is 0.161. The highest BCUT2D eigenvalue weighted by atomic mass is 79.9. The molecule has 0 heterocycles. The molecule has 2 aromatic carbocycles. The first kappa shape index (κ1) is 16.2. The number of hydrogen-bond donors (Lipinski definition) is 1. The van der Waals surface area contributed by atoms with Crippen molar-refractivity contribution in [2.45, 2.75) is 26.3 Å². The summed E-state index contributed by atoms with van der Waals surface area (Å²) in [5.74, 6) is 0.806. The van der Waals surface area contributed by atoms with Gasteiger partial charge in [0.15, 0.2) is 0 Å². The van der Waals surface area contributed by atoms with Gasteiger partial charge >= 0.3 is 0 Å². The van der Waals surface area contributed by atoms with Crippen LogP contribution in [-0.4, -0.2) is 6.54 Å². The molecule has 0 aliphatic carbocycles. The van der Waals surface area contributed by atoms with Crippen molar-refractivity contribution >= 4 is 15.9 Å². The lowest BCUT2D eigenvalue weighted by Crippen LogP contribution is -2.24. The fraction of sp³-hybridized carbons (Fsp3) is 0.333. The Morgan fingerprint density at radius 2 is 1.81 bits per heavy atom. The third-order valence-electron chi connectivity index (χ3n) is 3.72. The summed E-state index contributed by atoms with van der Waals surface area (Å²) in [6.45, 7) is 5.83. The van der Waals surface area contributed by atoms with Crippen LogP contribution in [0.1, 0.15) is 30.9 Å². The quantitative estimate of drug-likeness (QED) is 0.763. The highest BCUT2D eigenvalue weighted by molar-refractivity contribution is 9.10. The fourth-order valence-corrected chi connectivity index (χ4v) is 2.89. The monoisotopic (exact) mass is 349 g/mol. The second kappa shape index (κ2) is 7.71. The Morgan fingerprint density at radius 3 is 2.48 bits per heavy atom. The second-order valence-corrected chi connectivity index (χ2v) is 6.54. The molecule has 1 nitrogen and oxygen atoms in total. The molecule has 0 radical (unpaired) electrons. The maximum atomic E-state index is 13.7. The highest BCUT2D eigenvalue weighted by Crippen LogP contribution is 2.23. The van der Waals surface area contributed by atoms with Crippen molar-refractivity contribution in [2.75, 3.05) is 6.54 Å². The van der Waals surface area contributed by atoms with Gasteiger partial charge in [-0.3, -0.25) is 0 Å². The zero-order valence-corrected chi connectivity index (χ0v) is 14.0. The molecule has 21 heavy (non-hydrogen) atoms.